The van der Waals surface area contributed by atoms with E-state index in [9.17, 15) is 9.90 Å². The number of hydrogen-bond donors (Lipinski definition) is 2. The van der Waals surface area contributed by atoms with E-state index in [0.29, 0.717) is 5.92 Å². The number of carbonyl (C=O) groups excluding carboxylic acids is 1. The summed E-state index contributed by atoms with van der Waals surface area (Å²) in [5.41, 5.74) is 0. The van der Waals surface area contributed by atoms with Gasteiger partial charge in [0.15, 0.2) is 0 Å². The van der Waals surface area contributed by atoms with E-state index in [-0.39, 0.29) is 18.1 Å². The van der Waals surface area contributed by atoms with Crippen LogP contribution in [0.15, 0.2) is 0 Å². The summed E-state index contributed by atoms with van der Waals surface area (Å²) in [6.07, 6.45) is 3.67. The molecule has 15 heavy (non-hydrogen) atoms. The molecular formula is C11H20N2O2. The fourth-order valence-electron chi connectivity index (χ4n) is 2.55. The van der Waals surface area contributed by atoms with Crippen LogP contribution in [-0.2, 0) is 4.79 Å². The molecule has 0 spiro atoms. The number of nitrogens with one attached hydrogen (secondary N) is 1. The zero-order chi connectivity index (χ0) is 10.8. The Morgan fingerprint density at radius 2 is 2.27 bits per heavy atom. The van der Waals surface area contributed by atoms with E-state index in [4.69, 9.17) is 0 Å². The van der Waals surface area contributed by atoms with Crippen molar-refractivity contribution in [2.75, 3.05) is 20.1 Å². The van der Waals surface area contributed by atoms with Gasteiger partial charge in [-0.1, -0.05) is 0 Å². The SMILES string of the molecule is CNC1CCCN(CC2CC(O)C2)C1=O. The van der Waals surface area contributed by atoms with Gasteiger partial charge in [-0.3, -0.25) is 4.79 Å². The van der Waals surface area contributed by atoms with E-state index in [0.717, 1.165) is 38.8 Å². The lowest BCUT2D eigenvalue weighted by Crippen LogP contribution is -2.52. The average molecular weight is 212 g/mol. The summed E-state index contributed by atoms with van der Waals surface area (Å²) in [5, 5.41) is 12.3. The third-order valence-corrected chi connectivity index (χ3v) is 3.57. The van der Waals surface area contributed by atoms with E-state index in [1.807, 2.05) is 11.9 Å². The molecule has 0 aromatic heterocycles. The molecule has 4 nitrogen and oxygen atoms in total. The molecule has 86 valence electrons. The Hall–Kier alpha value is -0.610. The maximum atomic E-state index is 11.9. The van der Waals surface area contributed by atoms with Gasteiger partial charge < -0.3 is 15.3 Å². The number of likely N-dealkylation sites (N-methyl/N-ethyl adjacent to an activating group) is 1. The molecule has 2 fully saturated rings. The number of carbonyl (C=O) groups is 1. The molecule has 1 unspecified atom stereocenters. The largest absolute Gasteiger partial charge is 0.393 e. The smallest absolute Gasteiger partial charge is 0.239 e. The Balaban J connectivity index is 1.83. The summed E-state index contributed by atoms with van der Waals surface area (Å²) >= 11 is 0. The molecule has 1 aliphatic carbocycles. The van der Waals surface area contributed by atoms with Crippen molar-refractivity contribution in [2.45, 2.75) is 37.8 Å². The van der Waals surface area contributed by atoms with Crippen LogP contribution in [0.4, 0.5) is 0 Å². The van der Waals surface area contributed by atoms with E-state index in [1.54, 1.807) is 0 Å². The lowest BCUT2D eigenvalue weighted by molar-refractivity contribution is -0.137. The summed E-state index contributed by atoms with van der Waals surface area (Å²) in [6, 6.07) is 0.0174. The van der Waals surface area contributed by atoms with Gasteiger partial charge in [-0.05, 0) is 38.6 Å². The molecule has 0 bridgehead atoms. The third kappa shape index (κ3) is 2.32. The molecular weight excluding hydrogens is 192 g/mol. The molecule has 4 heteroatoms. The number of rotatable bonds is 3. The number of amides is 1. The highest BCUT2D eigenvalue weighted by Crippen LogP contribution is 2.28. The molecule has 1 amide bonds. The Kier molecular flexibility index (Phi) is 3.26. The standard InChI is InChI=1S/C11H20N2O2/c1-12-10-3-2-4-13(11(10)15)7-8-5-9(14)6-8/h8-10,12,14H,2-7H2,1H3. The van der Waals surface area contributed by atoms with E-state index in [2.05, 4.69) is 5.32 Å². The van der Waals surface area contributed by atoms with Crippen molar-refractivity contribution in [1.82, 2.24) is 10.2 Å². The van der Waals surface area contributed by atoms with Crippen molar-refractivity contribution in [1.29, 1.82) is 0 Å². The first kappa shape index (κ1) is 10.9. The highest BCUT2D eigenvalue weighted by Gasteiger charge is 2.33. The minimum absolute atomic E-state index is 0.0174. The Morgan fingerprint density at radius 3 is 2.87 bits per heavy atom. The van der Waals surface area contributed by atoms with Gasteiger partial charge in [0, 0.05) is 13.1 Å². The molecule has 1 saturated heterocycles. The number of hydrogen-bond acceptors (Lipinski definition) is 3. The molecule has 0 aromatic carbocycles. The van der Waals surface area contributed by atoms with Gasteiger partial charge in [-0.15, -0.1) is 0 Å². The van der Waals surface area contributed by atoms with Crippen molar-refractivity contribution in [3.63, 3.8) is 0 Å². The van der Waals surface area contributed by atoms with Crippen molar-refractivity contribution >= 4 is 5.91 Å². The van der Waals surface area contributed by atoms with Gasteiger partial charge in [0.05, 0.1) is 12.1 Å². The molecule has 0 aromatic rings. The fraction of sp³-hybridized carbons (Fsp3) is 0.909. The van der Waals surface area contributed by atoms with Crippen LogP contribution in [0.5, 0.6) is 0 Å². The first-order valence-corrected chi connectivity index (χ1v) is 5.85. The van der Waals surface area contributed by atoms with Gasteiger partial charge in [0.25, 0.3) is 0 Å². The molecule has 1 saturated carbocycles. The maximum Gasteiger partial charge on any atom is 0.239 e. The average Bonchev–Trinajstić information content (AvgIpc) is 2.18. The van der Waals surface area contributed by atoms with Crippen LogP contribution in [-0.4, -0.2) is 48.2 Å². The summed E-state index contributed by atoms with van der Waals surface area (Å²) in [7, 11) is 1.85. The van der Waals surface area contributed by atoms with Crippen molar-refractivity contribution in [2.24, 2.45) is 5.92 Å². The maximum absolute atomic E-state index is 11.9. The zero-order valence-corrected chi connectivity index (χ0v) is 9.28. The summed E-state index contributed by atoms with van der Waals surface area (Å²) < 4.78 is 0. The molecule has 0 radical (unpaired) electrons. The van der Waals surface area contributed by atoms with E-state index >= 15 is 0 Å². The summed E-state index contributed by atoms with van der Waals surface area (Å²) in [6.45, 7) is 1.73. The van der Waals surface area contributed by atoms with Gasteiger partial charge in [0.1, 0.15) is 0 Å². The number of piperidine rings is 1. The third-order valence-electron chi connectivity index (χ3n) is 3.57. The molecule has 1 aliphatic heterocycles. The molecule has 1 atom stereocenters. The second kappa shape index (κ2) is 4.49. The second-order valence-corrected chi connectivity index (χ2v) is 4.76. The second-order valence-electron chi connectivity index (χ2n) is 4.76. The summed E-state index contributed by atoms with van der Waals surface area (Å²) in [4.78, 5) is 13.9. The van der Waals surface area contributed by atoms with Crippen LogP contribution < -0.4 is 5.32 Å². The summed E-state index contributed by atoms with van der Waals surface area (Å²) in [5.74, 6) is 0.768. The number of aliphatic hydroxyl groups excluding tert-OH is 1. The monoisotopic (exact) mass is 212 g/mol. The van der Waals surface area contributed by atoms with Crippen LogP contribution in [0.25, 0.3) is 0 Å². The Morgan fingerprint density at radius 1 is 1.53 bits per heavy atom. The quantitative estimate of drug-likeness (QED) is 0.690. The van der Waals surface area contributed by atoms with Crippen LogP contribution in [0.2, 0.25) is 0 Å². The Bertz CT molecular complexity index is 239. The van der Waals surface area contributed by atoms with Crippen LogP contribution in [0.1, 0.15) is 25.7 Å². The topological polar surface area (TPSA) is 52.6 Å². The predicted molar refractivity (Wildman–Crippen MR) is 57.4 cm³/mol. The minimum atomic E-state index is -0.116. The highest BCUT2D eigenvalue weighted by atomic mass is 16.3. The van der Waals surface area contributed by atoms with Gasteiger partial charge in [-0.25, -0.2) is 0 Å². The lowest BCUT2D eigenvalue weighted by Gasteiger charge is -2.39. The fourth-order valence-corrected chi connectivity index (χ4v) is 2.55. The molecule has 2 N–H and O–H groups in total. The van der Waals surface area contributed by atoms with Crippen LogP contribution in [0, 0.1) is 5.92 Å². The number of nitrogens with zero attached hydrogens (tertiary/aromatic N) is 1. The molecule has 2 rings (SSSR count). The van der Waals surface area contributed by atoms with Crippen LogP contribution in [0.3, 0.4) is 0 Å². The van der Waals surface area contributed by atoms with Crippen molar-refractivity contribution in [3.05, 3.63) is 0 Å². The zero-order valence-electron chi connectivity index (χ0n) is 9.28. The normalized spacial score (nSPS) is 36.5. The van der Waals surface area contributed by atoms with Gasteiger partial charge in [-0.2, -0.15) is 0 Å². The first-order valence-electron chi connectivity index (χ1n) is 5.85. The number of likely N-dealkylation sites (tertiary alicyclic amines) is 1. The molecule has 1 heterocycles. The predicted octanol–water partition coefficient (Wildman–Crippen LogP) is -0.0323. The number of aliphatic hydroxyl groups is 1. The van der Waals surface area contributed by atoms with Crippen molar-refractivity contribution in [3.8, 4) is 0 Å². The molecule has 2 aliphatic rings. The van der Waals surface area contributed by atoms with Gasteiger partial charge in [0.2, 0.25) is 5.91 Å². The van der Waals surface area contributed by atoms with Crippen LogP contribution >= 0.6 is 0 Å². The Labute approximate surface area is 90.6 Å². The highest BCUT2D eigenvalue weighted by molar-refractivity contribution is 5.82. The minimum Gasteiger partial charge on any atom is -0.393 e. The van der Waals surface area contributed by atoms with Crippen molar-refractivity contribution < 1.29 is 9.90 Å². The lowest BCUT2D eigenvalue weighted by atomic mass is 9.82. The van der Waals surface area contributed by atoms with E-state index < -0.39 is 0 Å². The van der Waals surface area contributed by atoms with E-state index in [1.165, 1.54) is 0 Å². The van der Waals surface area contributed by atoms with Gasteiger partial charge >= 0.3 is 0 Å². The first-order chi connectivity index (χ1) is 7.20.